The molecule has 2 aromatic carbocycles. The quantitative estimate of drug-likeness (QED) is 0.889. The predicted octanol–water partition coefficient (Wildman–Crippen LogP) is 4.03. The summed E-state index contributed by atoms with van der Waals surface area (Å²) >= 11 is 5.93. The molecule has 0 saturated heterocycles. The van der Waals surface area contributed by atoms with E-state index in [0.29, 0.717) is 6.42 Å². The lowest BCUT2D eigenvalue weighted by Crippen LogP contribution is -2.15. The van der Waals surface area contributed by atoms with Gasteiger partial charge in [0.15, 0.2) is 0 Å². The first-order valence-electron chi connectivity index (χ1n) is 5.83. The molecule has 1 nitrogen and oxygen atoms in total. The maximum absolute atomic E-state index is 13.3. The molecule has 0 aliphatic rings. The minimum atomic E-state index is -0.397. The van der Waals surface area contributed by atoms with Gasteiger partial charge >= 0.3 is 0 Å². The molecular weight excluding hydrogens is 249 g/mol. The molecule has 0 aliphatic heterocycles. The van der Waals surface area contributed by atoms with Crippen LogP contribution in [-0.2, 0) is 6.42 Å². The highest BCUT2D eigenvalue weighted by atomic mass is 35.5. The topological polar surface area (TPSA) is 26.0 Å². The molecule has 0 aliphatic carbocycles. The van der Waals surface area contributed by atoms with Crippen molar-refractivity contribution < 1.29 is 4.39 Å². The number of nitrogens with two attached hydrogens (primary N) is 1. The zero-order valence-electron chi connectivity index (χ0n) is 10.2. The number of benzene rings is 2. The second kappa shape index (κ2) is 5.51. The van der Waals surface area contributed by atoms with Crippen LogP contribution < -0.4 is 5.73 Å². The molecule has 3 heteroatoms. The smallest absolute Gasteiger partial charge is 0.142 e. The molecule has 0 amide bonds. The zero-order chi connectivity index (χ0) is 13.1. The van der Waals surface area contributed by atoms with Crippen LogP contribution in [0, 0.1) is 12.7 Å². The summed E-state index contributed by atoms with van der Waals surface area (Å²) in [7, 11) is 0. The first-order chi connectivity index (χ1) is 8.59. The van der Waals surface area contributed by atoms with E-state index < -0.39 is 5.82 Å². The maximum Gasteiger partial charge on any atom is 0.142 e. The molecular formula is C15H15ClFN. The predicted molar refractivity (Wildman–Crippen MR) is 73.2 cm³/mol. The van der Waals surface area contributed by atoms with Crippen molar-refractivity contribution in [2.45, 2.75) is 19.4 Å². The highest BCUT2D eigenvalue weighted by molar-refractivity contribution is 6.31. The van der Waals surface area contributed by atoms with Gasteiger partial charge in [-0.05, 0) is 36.1 Å². The molecule has 0 fully saturated rings. The first kappa shape index (κ1) is 13.1. The number of rotatable bonds is 3. The summed E-state index contributed by atoms with van der Waals surface area (Å²) in [6.07, 6.45) is 0.529. The summed E-state index contributed by atoms with van der Waals surface area (Å²) in [5.74, 6) is -0.397. The molecule has 94 valence electrons. The number of hydrogen-bond donors (Lipinski definition) is 1. The van der Waals surface area contributed by atoms with Crippen LogP contribution in [0.15, 0.2) is 42.5 Å². The lowest BCUT2D eigenvalue weighted by Gasteiger charge is -2.15. The zero-order valence-corrected chi connectivity index (χ0v) is 10.9. The van der Waals surface area contributed by atoms with E-state index in [1.165, 1.54) is 6.07 Å². The largest absolute Gasteiger partial charge is 0.324 e. The van der Waals surface area contributed by atoms with Crippen LogP contribution >= 0.6 is 11.6 Å². The second-order valence-electron chi connectivity index (χ2n) is 4.38. The molecule has 0 radical (unpaired) electrons. The molecule has 0 heterocycles. The third-order valence-electron chi connectivity index (χ3n) is 3.06. The number of halogens is 2. The Balaban J connectivity index is 2.24. The van der Waals surface area contributed by atoms with E-state index in [-0.39, 0.29) is 11.1 Å². The SMILES string of the molecule is Cc1ccccc1C(N)Cc1cccc(F)c1Cl. The van der Waals surface area contributed by atoms with E-state index in [0.717, 1.165) is 16.7 Å². The molecule has 2 N–H and O–H groups in total. The van der Waals surface area contributed by atoms with Crippen LogP contribution in [0.3, 0.4) is 0 Å². The van der Waals surface area contributed by atoms with Crippen LogP contribution in [0.2, 0.25) is 5.02 Å². The fraction of sp³-hybridized carbons (Fsp3) is 0.200. The molecule has 0 spiro atoms. The van der Waals surface area contributed by atoms with Crippen molar-refractivity contribution in [2.75, 3.05) is 0 Å². The fourth-order valence-corrected chi connectivity index (χ4v) is 2.26. The Labute approximate surface area is 111 Å². The average molecular weight is 264 g/mol. The Kier molecular flexibility index (Phi) is 4.00. The normalized spacial score (nSPS) is 12.4. The lowest BCUT2D eigenvalue weighted by molar-refractivity contribution is 0.622. The van der Waals surface area contributed by atoms with Gasteiger partial charge in [0.25, 0.3) is 0 Å². The third kappa shape index (κ3) is 2.71. The molecule has 2 rings (SSSR count). The van der Waals surface area contributed by atoms with E-state index in [1.54, 1.807) is 6.07 Å². The summed E-state index contributed by atoms with van der Waals surface area (Å²) in [4.78, 5) is 0. The van der Waals surface area contributed by atoms with Crippen molar-refractivity contribution in [3.05, 3.63) is 70.0 Å². The monoisotopic (exact) mass is 263 g/mol. The van der Waals surface area contributed by atoms with Gasteiger partial charge in [-0.25, -0.2) is 4.39 Å². The van der Waals surface area contributed by atoms with Crippen molar-refractivity contribution >= 4 is 11.6 Å². The van der Waals surface area contributed by atoms with Gasteiger partial charge in [0, 0.05) is 6.04 Å². The Morgan fingerprint density at radius 2 is 1.89 bits per heavy atom. The third-order valence-corrected chi connectivity index (χ3v) is 3.48. The molecule has 18 heavy (non-hydrogen) atoms. The Morgan fingerprint density at radius 1 is 1.17 bits per heavy atom. The van der Waals surface area contributed by atoms with Gasteiger partial charge < -0.3 is 5.73 Å². The second-order valence-corrected chi connectivity index (χ2v) is 4.76. The van der Waals surface area contributed by atoms with Gasteiger partial charge in [-0.1, -0.05) is 48.0 Å². The minimum absolute atomic E-state index is 0.168. The number of hydrogen-bond acceptors (Lipinski definition) is 1. The summed E-state index contributed by atoms with van der Waals surface area (Å²) < 4.78 is 13.3. The highest BCUT2D eigenvalue weighted by Gasteiger charge is 2.13. The van der Waals surface area contributed by atoms with Crippen molar-refractivity contribution in [2.24, 2.45) is 5.73 Å². The van der Waals surface area contributed by atoms with Gasteiger partial charge in [-0.2, -0.15) is 0 Å². The summed E-state index contributed by atoms with van der Waals surface area (Å²) in [5, 5.41) is 0.168. The van der Waals surface area contributed by atoms with Gasteiger partial charge in [-0.3, -0.25) is 0 Å². The molecule has 1 atom stereocenters. The number of aryl methyl sites for hydroxylation is 1. The van der Waals surface area contributed by atoms with Gasteiger partial charge in [0.1, 0.15) is 5.82 Å². The van der Waals surface area contributed by atoms with Crippen LogP contribution in [0.5, 0.6) is 0 Å². The van der Waals surface area contributed by atoms with Gasteiger partial charge in [0.05, 0.1) is 5.02 Å². The van der Waals surface area contributed by atoms with E-state index in [9.17, 15) is 4.39 Å². The molecule has 0 aromatic heterocycles. The van der Waals surface area contributed by atoms with Gasteiger partial charge in [0.2, 0.25) is 0 Å². The Bertz CT molecular complexity index is 554. The molecule has 0 bridgehead atoms. The van der Waals surface area contributed by atoms with Crippen LogP contribution in [-0.4, -0.2) is 0 Å². The molecule has 0 saturated carbocycles. The lowest BCUT2D eigenvalue weighted by atomic mass is 9.96. The first-order valence-corrected chi connectivity index (χ1v) is 6.21. The molecule has 2 aromatic rings. The van der Waals surface area contributed by atoms with Crippen LogP contribution in [0.1, 0.15) is 22.7 Å². The average Bonchev–Trinajstić information content (AvgIpc) is 2.35. The van der Waals surface area contributed by atoms with E-state index >= 15 is 0 Å². The van der Waals surface area contributed by atoms with Crippen molar-refractivity contribution in [3.8, 4) is 0 Å². The van der Waals surface area contributed by atoms with E-state index in [1.807, 2.05) is 37.3 Å². The standard InChI is InChI=1S/C15H15ClFN/c1-10-5-2-3-7-12(10)14(18)9-11-6-4-8-13(17)15(11)16/h2-8,14H,9,18H2,1H3. The van der Waals surface area contributed by atoms with Crippen molar-refractivity contribution in [3.63, 3.8) is 0 Å². The summed E-state index contributed by atoms with van der Waals surface area (Å²) in [6, 6.07) is 12.6. The minimum Gasteiger partial charge on any atom is -0.324 e. The Morgan fingerprint density at radius 3 is 2.61 bits per heavy atom. The van der Waals surface area contributed by atoms with Crippen LogP contribution in [0.25, 0.3) is 0 Å². The Hall–Kier alpha value is -1.38. The highest BCUT2D eigenvalue weighted by Crippen LogP contribution is 2.25. The summed E-state index contributed by atoms with van der Waals surface area (Å²) in [5.41, 5.74) is 9.11. The van der Waals surface area contributed by atoms with Crippen molar-refractivity contribution in [1.29, 1.82) is 0 Å². The maximum atomic E-state index is 13.3. The van der Waals surface area contributed by atoms with E-state index in [2.05, 4.69) is 0 Å². The molecule has 1 unspecified atom stereocenters. The fourth-order valence-electron chi connectivity index (χ4n) is 2.06. The van der Waals surface area contributed by atoms with Gasteiger partial charge in [-0.15, -0.1) is 0 Å². The summed E-state index contributed by atoms with van der Waals surface area (Å²) in [6.45, 7) is 2.02. The van der Waals surface area contributed by atoms with Crippen LogP contribution in [0.4, 0.5) is 4.39 Å². The van der Waals surface area contributed by atoms with E-state index in [4.69, 9.17) is 17.3 Å². The van der Waals surface area contributed by atoms with Crippen molar-refractivity contribution in [1.82, 2.24) is 0 Å².